The highest BCUT2D eigenvalue weighted by Gasteiger charge is 2.14. The summed E-state index contributed by atoms with van der Waals surface area (Å²) in [5.74, 6) is 0.798. The lowest BCUT2D eigenvalue weighted by atomic mass is 10.3. The average Bonchev–Trinajstić information content (AvgIpc) is 2.81. The van der Waals surface area contributed by atoms with E-state index in [0.717, 1.165) is 27.6 Å². The smallest absolute Gasteiger partial charge is 0.180 e. The first-order valence-corrected chi connectivity index (χ1v) is 6.01. The minimum absolute atomic E-state index is 0.557. The van der Waals surface area contributed by atoms with Crippen LogP contribution in [-0.4, -0.2) is 19.6 Å². The number of hydrogen-bond acceptors (Lipinski definition) is 5. The third-order valence-corrected chi connectivity index (χ3v) is 3.56. The summed E-state index contributed by atoms with van der Waals surface area (Å²) in [5.41, 5.74) is 8.60. The van der Waals surface area contributed by atoms with Crippen LogP contribution in [0.4, 0.5) is 5.13 Å². The van der Waals surface area contributed by atoms with E-state index >= 15 is 0 Å². The zero-order chi connectivity index (χ0) is 12.0. The van der Waals surface area contributed by atoms with Crippen LogP contribution in [0.5, 0.6) is 0 Å². The molecule has 0 bridgehead atoms. The predicted molar refractivity (Wildman–Crippen MR) is 68.0 cm³/mol. The molecule has 0 aliphatic carbocycles. The first-order chi connectivity index (χ1) is 8.15. The molecule has 86 valence electrons. The summed E-state index contributed by atoms with van der Waals surface area (Å²) in [6, 6.07) is 4.02. The van der Waals surface area contributed by atoms with Gasteiger partial charge in [0.15, 0.2) is 16.6 Å². The van der Waals surface area contributed by atoms with Crippen molar-refractivity contribution in [3.63, 3.8) is 0 Å². The summed E-state index contributed by atoms with van der Waals surface area (Å²) in [6.07, 6.45) is 1.97. The highest BCUT2D eigenvalue weighted by molar-refractivity contribution is 7.18. The summed E-state index contributed by atoms with van der Waals surface area (Å²) in [4.78, 5) is 5.18. The molecule has 0 saturated heterocycles. The number of hydrogen-bond donors (Lipinski definition) is 1. The zero-order valence-electron chi connectivity index (χ0n) is 9.51. The molecular weight excluding hydrogens is 234 g/mol. The van der Waals surface area contributed by atoms with Crippen molar-refractivity contribution in [2.24, 2.45) is 0 Å². The minimum atomic E-state index is 0.557. The van der Waals surface area contributed by atoms with E-state index in [1.165, 1.54) is 11.3 Å². The Morgan fingerprint density at radius 1 is 1.29 bits per heavy atom. The molecule has 17 heavy (non-hydrogen) atoms. The second-order valence-electron chi connectivity index (χ2n) is 3.92. The fourth-order valence-corrected chi connectivity index (χ4v) is 2.59. The lowest BCUT2D eigenvalue weighted by Gasteiger charge is -1.98. The monoisotopic (exact) mass is 245 g/mol. The first-order valence-electron chi connectivity index (χ1n) is 5.20. The highest BCUT2D eigenvalue weighted by atomic mass is 32.1. The van der Waals surface area contributed by atoms with Crippen LogP contribution in [-0.2, 0) is 0 Å². The van der Waals surface area contributed by atoms with E-state index in [1.807, 2.05) is 36.6 Å². The van der Waals surface area contributed by atoms with Crippen molar-refractivity contribution in [1.82, 2.24) is 19.6 Å². The van der Waals surface area contributed by atoms with Crippen molar-refractivity contribution in [2.75, 3.05) is 5.73 Å². The molecular formula is C11H11N5S. The fourth-order valence-electron chi connectivity index (χ4n) is 1.77. The van der Waals surface area contributed by atoms with E-state index in [0.29, 0.717) is 5.13 Å². The van der Waals surface area contributed by atoms with E-state index in [9.17, 15) is 0 Å². The van der Waals surface area contributed by atoms with E-state index in [2.05, 4.69) is 15.2 Å². The van der Waals surface area contributed by atoms with Crippen LogP contribution < -0.4 is 5.73 Å². The molecule has 0 fully saturated rings. The average molecular weight is 245 g/mol. The molecule has 6 heteroatoms. The van der Waals surface area contributed by atoms with Crippen LogP contribution >= 0.6 is 11.3 Å². The molecule has 0 atom stereocenters. The summed E-state index contributed by atoms with van der Waals surface area (Å²) in [7, 11) is 0. The Morgan fingerprint density at radius 3 is 2.82 bits per heavy atom. The lowest BCUT2D eigenvalue weighted by molar-refractivity contribution is 1.11. The molecule has 3 heterocycles. The number of nitrogen functional groups attached to an aromatic ring is 1. The topological polar surface area (TPSA) is 69.1 Å². The van der Waals surface area contributed by atoms with Gasteiger partial charge < -0.3 is 5.73 Å². The Hall–Kier alpha value is -1.95. The van der Waals surface area contributed by atoms with Gasteiger partial charge in [0.05, 0.1) is 10.6 Å². The van der Waals surface area contributed by atoms with Crippen LogP contribution in [0, 0.1) is 13.8 Å². The van der Waals surface area contributed by atoms with Gasteiger partial charge in [0.25, 0.3) is 0 Å². The van der Waals surface area contributed by atoms with Crippen molar-refractivity contribution < 1.29 is 0 Å². The molecule has 3 aromatic heterocycles. The summed E-state index contributed by atoms with van der Waals surface area (Å²) in [6.45, 7) is 3.96. The van der Waals surface area contributed by atoms with Gasteiger partial charge >= 0.3 is 0 Å². The second kappa shape index (κ2) is 3.53. The molecule has 0 radical (unpaired) electrons. The summed E-state index contributed by atoms with van der Waals surface area (Å²) < 4.78 is 1.95. The minimum Gasteiger partial charge on any atom is -0.375 e. The Bertz CT molecular complexity index is 697. The lowest BCUT2D eigenvalue weighted by Crippen LogP contribution is -1.89. The highest BCUT2D eigenvalue weighted by Crippen LogP contribution is 2.30. The largest absolute Gasteiger partial charge is 0.375 e. The van der Waals surface area contributed by atoms with Crippen LogP contribution in [0.2, 0.25) is 0 Å². The van der Waals surface area contributed by atoms with E-state index in [4.69, 9.17) is 5.73 Å². The van der Waals surface area contributed by atoms with Gasteiger partial charge in [0, 0.05) is 6.20 Å². The molecule has 2 N–H and O–H groups in total. The number of rotatable bonds is 1. The van der Waals surface area contributed by atoms with Gasteiger partial charge in [-0.25, -0.2) is 4.98 Å². The van der Waals surface area contributed by atoms with Gasteiger partial charge in [-0.1, -0.05) is 11.3 Å². The Balaban J connectivity index is 2.28. The third-order valence-electron chi connectivity index (χ3n) is 2.58. The predicted octanol–water partition coefficient (Wildman–Crippen LogP) is 2.05. The number of aromatic nitrogens is 4. The Kier molecular flexibility index (Phi) is 2.12. The van der Waals surface area contributed by atoms with E-state index in [-0.39, 0.29) is 0 Å². The molecule has 0 aliphatic rings. The van der Waals surface area contributed by atoms with Crippen molar-refractivity contribution in [3.8, 4) is 10.7 Å². The maximum absolute atomic E-state index is 5.70. The molecule has 3 aromatic rings. The van der Waals surface area contributed by atoms with Gasteiger partial charge in [0.1, 0.15) is 0 Å². The zero-order valence-corrected chi connectivity index (χ0v) is 10.3. The van der Waals surface area contributed by atoms with Crippen LogP contribution in [0.1, 0.15) is 11.3 Å². The number of fused-ring (bicyclic) bond motifs is 1. The number of nitrogens with zero attached hydrogens (tertiary/aromatic N) is 4. The number of nitrogens with two attached hydrogens (primary N) is 1. The molecule has 0 unspecified atom stereocenters. The third kappa shape index (κ3) is 1.57. The van der Waals surface area contributed by atoms with Gasteiger partial charge in [-0.05, 0) is 31.5 Å². The van der Waals surface area contributed by atoms with Gasteiger partial charge in [0.2, 0.25) is 0 Å². The molecule has 0 aromatic carbocycles. The number of thiazole rings is 1. The molecule has 0 amide bonds. The SMILES string of the molecule is Cc1ccn2c(-c3sc(N)nc3C)nnc2c1. The van der Waals surface area contributed by atoms with Crippen molar-refractivity contribution in [2.45, 2.75) is 13.8 Å². The van der Waals surface area contributed by atoms with E-state index in [1.54, 1.807) is 0 Å². The van der Waals surface area contributed by atoms with Crippen LogP contribution in [0.3, 0.4) is 0 Å². The molecule has 0 saturated carbocycles. The second-order valence-corrected chi connectivity index (χ2v) is 4.95. The van der Waals surface area contributed by atoms with Gasteiger partial charge in [-0.3, -0.25) is 4.40 Å². The van der Waals surface area contributed by atoms with Crippen LogP contribution in [0.25, 0.3) is 16.3 Å². The molecule has 5 nitrogen and oxygen atoms in total. The number of pyridine rings is 1. The van der Waals surface area contributed by atoms with E-state index < -0.39 is 0 Å². The molecule has 0 spiro atoms. The quantitative estimate of drug-likeness (QED) is 0.712. The van der Waals surface area contributed by atoms with Crippen molar-refractivity contribution in [3.05, 3.63) is 29.6 Å². The fraction of sp³-hybridized carbons (Fsp3) is 0.182. The first kappa shape index (κ1) is 10.2. The molecule has 0 aliphatic heterocycles. The molecule has 3 rings (SSSR count). The number of aryl methyl sites for hydroxylation is 2. The normalized spacial score (nSPS) is 11.2. The summed E-state index contributed by atoms with van der Waals surface area (Å²) >= 11 is 1.43. The number of anilines is 1. The van der Waals surface area contributed by atoms with Gasteiger partial charge in [-0.2, -0.15) is 0 Å². The maximum Gasteiger partial charge on any atom is 0.180 e. The standard InChI is InChI=1S/C11H11N5S/c1-6-3-4-16-8(5-6)14-15-10(16)9-7(2)13-11(12)17-9/h3-5H,1-2H3,(H2,12,13). The Labute approximate surface area is 102 Å². The van der Waals surface area contributed by atoms with Crippen molar-refractivity contribution >= 4 is 22.1 Å². The van der Waals surface area contributed by atoms with Crippen molar-refractivity contribution in [1.29, 1.82) is 0 Å². The van der Waals surface area contributed by atoms with Crippen LogP contribution in [0.15, 0.2) is 18.3 Å². The maximum atomic E-state index is 5.70. The van der Waals surface area contributed by atoms with Gasteiger partial charge in [-0.15, -0.1) is 10.2 Å². The Morgan fingerprint density at radius 2 is 2.12 bits per heavy atom. The summed E-state index contributed by atoms with van der Waals surface area (Å²) in [5, 5.41) is 8.92.